The second-order valence-corrected chi connectivity index (χ2v) is 6.20. The maximum absolute atomic E-state index is 3.44. The van der Waals surface area contributed by atoms with E-state index in [0.29, 0.717) is 0 Å². The maximum Gasteiger partial charge on any atom is 0.0519 e. The largest absolute Gasteiger partial charge is 0.369 e. The van der Waals surface area contributed by atoms with Crippen molar-refractivity contribution in [3.8, 4) is 0 Å². The van der Waals surface area contributed by atoms with E-state index in [1.54, 1.807) is 5.56 Å². The first-order valence-electron chi connectivity index (χ1n) is 7.83. The average Bonchev–Trinajstić information content (AvgIpc) is 2.75. The van der Waals surface area contributed by atoms with Crippen LogP contribution in [-0.4, -0.2) is 30.7 Å². The van der Waals surface area contributed by atoms with Gasteiger partial charge in [0, 0.05) is 49.5 Å². The van der Waals surface area contributed by atoms with E-state index in [0.717, 1.165) is 26.2 Å². The lowest BCUT2D eigenvalue weighted by atomic mass is 10.0. The van der Waals surface area contributed by atoms with E-state index in [4.69, 9.17) is 0 Å². The summed E-state index contributed by atoms with van der Waals surface area (Å²) in [5.41, 5.74) is 7.42. The molecule has 1 aromatic carbocycles. The average molecular weight is 269 g/mol. The molecule has 0 atom stereocenters. The van der Waals surface area contributed by atoms with E-state index >= 15 is 0 Å². The van der Waals surface area contributed by atoms with Gasteiger partial charge in [-0.3, -0.25) is 0 Å². The third-order valence-corrected chi connectivity index (χ3v) is 5.11. The molecule has 0 saturated carbocycles. The van der Waals surface area contributed by atoms with Gasteiger partial charge in [-0.2, -0.15) is 0 Å². The summed E-state index contributed by atoms with van der Waals surface area (Å²) in [6.45, 7) is 10.2. The molecular weight excluding hydrogens is 246 g/mol. The summed E-state index contributed by atoms with van der Waals surface area (Å²) in [6, 6.07) is 4.87. The Morgan fingerprint density at radius 2 is 1.85 bits per heavy atom. The molecule has 1 N–H and O–H groups in total. The fourth-order valence-electron chi connectivity index (χ4n) is 3.85. The lowest BCUT2D eigenvalue weighted by molar-refractivity contribution is 0.588. The van der Waals surface area contributed by atoms with Gasteiger partial charge >= 0.3 is 0 Å². The SMILES string of the molecule is Cc1c(C)n2c3c(cc(N4CCNCC4)cc13)CCC2. The van der Waals surface area contributed by atoms with Crippen LogP contribution in [-0.2, 0) is 13.0 Å². The number of benzene rings is 1. The summed E-state index contributed by atoms with van der Waals surface area (Å²) >= 11 is 0. The summed E-state index contributed by atoms with van der Waals surface area (Å²) in [7, 11) is 0. The zero-order valence-electron chi connectivity index (χ0n) is 12.5. The summed E-state index contributed by atoms with van der Waals surface area (Å²) in [4.78, 5) is 2.53. The van der Waals surface area contributed by atoms with Crippen LogP contribution in [0.2, 0.25) is 0 Å². The van der Waals surface area contributed by atoms with E-state index in [1.165, 1.54) is 47.2 Å². The number of hydrogen-bond donors (Lipinski definition) is 1. The Hall–Kier alpha value is -1.48. The zero-order valence-corrected chi connectivity index (χ0v) is 12.5. The van der Waals surface area contributed by atoms with E-state index in [-0.39, 0.29) is 0 Å². The van der Waals surface area contributed by atoms with Crippen LogP contribution < -0.4 is 10.2 Å². The van der Waals surface area contributed by atoms with E-state index in [1.807, 2.05) is 0 Å². The molecule has 3 heterocycles. The number of nitrogens with one attached hydrogen (secondary N) is 1. The van der Waals surface area contributed by atoms with Crippen molar-refractivity contribution in [2.75, 3.05) is 31.1 Å². The number of nitrogens with zero attached hydrogens (tertiary/aromatic N) is 2. The van der Waals surface area contributed by atoms with Crippen molar-refractivity contribution in [1.29, 1.82) is 0 Å². The van der Waals surface area contributed by atoms with Crippen molar-refractivity contribution >= 4 is 16.6 Å². The third kappa shape index (κ3) is 1.69. The van der Waals surface area contributed by atoms with Crippen molar-refractivity contribution in [2.45, 2.75) is 33.2 Å². The zero-order chi connectivity index (χ0) is 13.7. The molecule has 2 aromatic rings. The van der Waals surface area contributed by atoms with E-state index in [2.05, 4.69) is 40.8 Å². The lowest BCUT2D eigenvalue weighted by Crippen LogP contribution is -2.43. The molecular formula is C17H23N3. The highest BCUT2D eigenvalue weighted by Gasteiger charge is 2.20. The van der Waals surface area contributed by atoms with Crippen molar-refractivity contribution in [3.63, 3.8) is 0 Å². The van der Waals surface area contributed by atoms with Crippen molar-refractivity contribution in [2.24, 2.45) is 0 Å². The molecule has 0 radical (unpaired) electrons. The van der Waals surface area contributed by atoms with Crippen LogP contribution in [0.3, 0.4) is 0 Å². The molecule has 0 unspecified atom stereocenters. The van der Waals surface area contributed by atoms with E-state index in [9.17, 15) is 0 Å². The smallest absolute Gasteiger partial charge is 0.0519 e. The van der Waals surface area contributed by atoms with Gasteiger partial charge in [0.05, 0.1) is 5.52 Å². The molecule has 0 bridgehead atoms. The molecule has 20 heavy (non-hydrogen) atoms. The Bertz CT molecular complexity index is 663. The highest BCUT2D eigenvalue weighted by atomic mass is 15.2. The first kappa shape index (κ1) is 12.3. The van der Waals surface area contributed by atoms with Crippen LogP contribution in [0, 0.1) is 13.8 Å². The van der Waals surface area contributed by atoms with Gasteiger partial charge in [-0.25, -0.2) is 0 Å². The normalized spacial score (nSPS) is 18.8. The van der Waals surface area contributed by atoms with Crippen molar-refractivity contribution in [1.82, 2.24) is 9.88 Å². The molecule has 0 aliphatic carbocycles. The molecule has 1 saturated heterocycles. The Labute approximate surface area is 120 Å². The first-order valence-corrected chi connectivity index (χ1v) is 7.83. The number of piperazine rings is 1. The quantitative estimate of drug-likeness (QED) is 0.859. The number of aromatic nitrogens is 1. The molecule has 106 valence electrons. The first-order chi connectivity index (χ1) is 9.75. The Kier molecular flexibility index (Phi) is 2.77. The minimum absolute atomic E-state index is 1.10. The Morgan fingerprint density at radius 3 is 2.65 bits per heavy atom. The predicted octanol–water partition coefficient (Wildman–Crippen LogP) is 2.61. The second kappa shape index (κ2) is 4.52. The van der Waals surface area contributed by atoms with Gasteiger partial charge in [-0.15, -0.1) is 0 Å². The summed E-state index contributed by atoms with van der Waals surface area (Å²) in [5.74, 6) is 0. The number of aryl methyl sites for hydroxylation is 3. The molecule has 2 aliphatic heterocycles. The van der Waals surface area contributed by atoms with Gasteiger partial charge in [0.15, 0.2) is 0 Å². The highest BCUT2D eigenvalue weighted by molar-refractivity contribution is 5.91. The molecule has 3 nitrogen and oxygen atoms in total. The number of hydrogen-bond acceptors (Lipinski definition) is 2. The topological polar surface area (TPSA) is 20.2 Å². The maximum atomic E-state index is 3.44. The van der Waals surface area contributed by atoms with Crippen LogP contribution in [0.4, 0.5) is 5.69 Å². The molecule has 4 rings (SSSR count). The van der Waals surface area contributed by atoms with Gasteiger partial charge in [0.25, 0.3) is 0 Å². The Morgan fingerprint density at radius 1 is 1.05 bits per heavy atom. The van der Waals surface area contributed by atoms with Crippen LogP contribution in [0.5, 0.6) is 0 Å². The lowest BCUT2D eigenvalue weighted by Gasteiger charge is -2.30. The highest BCUT2D eigenvalue weighted by Crippen LogP contribution is 2.35. The molecule has 3 heteroatoms. The minimum atomic E-state index is 1.10. The van der Waals surface area contributed by atoms with Crippen molar-refractivity contribution < 1.29 is 0 Å². The van der Waals surface area contributed by atoms with Gasteiger partial charge in [-0.1, -0.05) is 0 Å². The van der Waals surface area contributed by atoms with Crippen molar-refractivity contribution in [3.05, 3.63) is 29.0 Å². The summed E-state index contributed by atoms with van der Waals surface area (Å²) in [5, 5.41) is 4.92. The van der Waals surface area contributed by atoms with Gasteiger partial charge < -0.3 is 14.8 Å². The molecule has 1 aromatic heterocycles. The van der Waals surface area contributed by atoms with Crippen LogP contribution >= 0.6 is 0 Å². The fraction of sp³-hybridized carbons (Fsp3) is 0.529. The second-order valence-electron chi connectivity index (χ2n) is 6.20. The monoisotopic (exact) mass is 269 g/mol. The summed E-state index contributed by atoms with van der Waals surface area (Å²) in [6.07, 6.45) is 2.52. The molecule has 0 spiro atoms. The third-order valence-electron chi connectivity index (χ3n) is 5.11. The molecule has 1 fully saturated rings. The van der Waals surface area contributed by atoms with Crippen LogP contribution in [0.25, 0.3) is 10.9 Å². The standard InChI is InChI=1S/C17H23N3/c1-12-13(2)20-7-3-4-14-10-15(11-16(12)17(14)20)19-8-5-18-6-9-19/h10-11,18H,3-9H2,1-2H3. The Balaban J connectivity index is 1.91. The molecule has 2 aliphatic rings. The van der Waals surface area contributed by atoms with Gasteiger partial charge in [0.1, 0.15) is 0 Å². The molecule has 0 amide bonds. The minimum Gasteiger partial charge on any atom is -0.369 e. The predicted molar refractivity (Wildman–Crippen MR) is 84.8 cm³/mol. The number of rotatable bonds is 1. The van der Waals surface area contributed by atoms with Crippen LogP contribution in [0.15, 0.2) is 12.1 Å². The van der Waals surface area contributed by atoms with Gasteiger partial charge in [0.2, 0.25) is 0 Å². The fourth-order valence-corrected chi connectivity index (χ4v) is 3.85. The van der Waals surface area contributed by atoms with E-state index < -0.39 is 0 Å². The van der Waals surface area contributed by atoms with Crippen LogP contribution in [0.1, 0.15) is 23.2 Å². The number of anilines is 1. The van der Waals surface area contributed by atoms with Gasteiger partial charge in [-0.05, 0) is 49.9 Å². The summed E-state index contributed by atoms with van der Waals surface area (Å²) < 4.78 is 2.53.